The first-order chi connectivity index (χ1) is 8.72. The lowest BCUT2D eigenvalue weighted by Crippen LogP contribution is -2.01. The summed E-state index contributed by atoms with van der Waals surface area (Å²) in [5.74, 6) is 0. The summed E-state index contributed by atoms with van der Waals surface area (Å²) in [6, 6.07) is 3.96. The molecule has 0 amide bonds. The number of nitrogens with zero attached hydrogens (tertiary/aromatic N) is 2. The minimum atomic E-state index is 0.690. The number of benzene rings is 1. The van der Waals surface area contributed by atoms with E-state index in [9.17, 15) is 0 Å². The average molecular weight is 259 g/mol. The van der Waals surface area contributed by atoms with Crippen LogP contribution in [0.5, 0.6) is 0 Å². The molecule has 0 bridgehead atoms. The second-order valence-electron chi connectivity index (χ2n) is 4.10. The number of aromatic nitrogens is 3. The molecule has 0 saturated carbocycles. The number of nitrogen functional groups attached to an aromatic ring is 1. The fourth-order valence-corrected chi connectivity index (χ4v) is 2.69. The Morgan fingerprint density at radius 3 is 3.11 bits per heavy atom. The third-order valence-electron chi connectivity index (χ3n) is 2.70. The smallest absolute Gasteiger partial charge is 0.0907 e. The summed E-state index contributed by atoms with van der Waals surface area (Å²) in [6.07, 6.45) is 3.64. The van der Waals surface area contributed by atoms with Gasteiger partial charge in [-0.2, -0.15) is 5.10 Å². The number of hydrogen-bond donors (Lipinski definition) is 3. The Bertz CT molecular complexity index is 671. The quantitative estimate of drug-likeness (QED) is 0.631. The summed E-state index contributed by atoms with van der Waals surface area (Å²) in [7, 11) is 0. The molecule has 3 aromatic rings. The van der Waals surface area contributed by atoms with Crippen molar-refractivity contribution in [1.29, 1.82) is 0 Å². The zero-order valence-corrected chi connectivity index (χ0v) is 10.7. The van der Waals surface area contributed by atoms with Crippen molar-refractivity contribution in [2.75, 3.05) is 11.1 Å². The van der Waals surface area contributed by atoms with E-state index in [1.807, 2.05) is 25.3 Å². The van der Waals surface area contributed by atoms with Gasteiger partial charge in [-0.25, -0.2) is 4.98 Å². The van der Waals surface area contributed by atoms with Crippen LogP contribution in [0.1, 0.15) is 10.6 Å². The first kappa shape index (κ1) is 11.0. The number of nitrogens with two attached hydrogens (primary N) is 1. The molecule has 6 heteroatoms. The molecule has 18 heavy (non-hydrogen) atoms. The van der Waals surface area contributed by atoms with Gasteiger partial charge in [0.1, 0.15) is 0 Å². The Morgan fingerprint density at radius 1 is 1.44 bits per heavy atom. The first-order valence-electron chi connectivity index (χ1n) is 5.60. The topological polar surface area (TPSA) is 79.6 Å². The standard InChI is InChI=1S/C12H13N5S/c1-7-17-11-3-10(9(13)2-12(11)18-7)14-4-8-5-15-16-6-8/h2-3,5-6,14H,4,13H2,1H3,(H,15,16). The molecule has 5 nitrogen and oxygen atoms in total. The fraction of sp³-hybridized carbons (Fsp3) is 0.167. The Kier molecular flexibility index (Phi) is 2.64. The molecule has 0 aliphatic rings. The van der Waals surface area contributed by atoms with E-state index in [2.05, 4.69) is 20.5 Å². The van der Waals surface area contributed by atoms with E-state index in [1.54, 1.807) is 17.5 Å². The van der Waals surface area contributed by atoms with Gasteiger partial charge in [-0.1, -0.05) is 0 Å². The molecule has 0 aliphatic heterocycles. The van der Waals surface area contributed by atoms with Gasteiger partial charge < -0.3 is 11.1 Å². The molecular formula is C12H13N5S. The maximum Gasteiger partial charge on any atom is 0.0907 e. The maximum atomic E-state index is 6.03. The van der Waals surface area contributed by atoms with Crippen molar-refractivity contribution in [3.05, 3.63) is 35.1 Å². The molecule has 1 aromatic carbocycles. The number of aryl methyl sites for hydroxylation is 1. The molecule has 2 aromatic heterocycles. The lowest BCUT2D eigenvalue weighted by atomic mass is 10.2. The zero-order valence-electron chi connectivity index (χ0n) is 9.90. The Labute approximate surface area is 108 Å². The van der Waals surface area contributed by atoms with Gasteiger partial charge in [0.2, 0.25) is 0 Å². The van der Waals surface area contributed by atoms with Gasteiger partial charge in [-0.3, -0.25) is 5.10 Å². The molecule has 0 saturated heterocycles. The molecule has 2 heterocycles. The van der Waals surface area contributed by atoms with Gasteiger partial charge in [0.15, 0.2) is 0 Å². The number of hydrogen-bond acceptors (Lipinski definition) is 5. The third kappa shape index (κ3) is 2.02. The molecule has 4 N–H and O–H groups in total. The van der Waals surface area contributed by atoms with Gasteiger partial charge in [-0.05, 0) is 19.1 Å². The molecule has 0 spiro atoms. The molecule has 92 valence electrons. The zero-order chi connectivity index (χ0) is 12.5. The van der Waals surface area contributed by atoms with Gasteiger partial charge in [0.05, 0.1) is 32.8 Å². The third-order valence-corrected chi connectivity index (χ3v) is 3.64. The predicted octanol–water partition coefficient (Wildman–Crippen LogP) is 2.52. The molecule has 0 atom stereocenters. The van der Waals surface area contributed by atoms with Crippen molar-refractivity contribution in [2.24, 2.45) is 0 Å². The second kappa shape index (κ2) is 4.30. The molecule has 3 rings (SSSR count). The highest BCUT2D eigenvalue weighted by Crippen LogP contribution is 2.29. The summed E-state index contributed by atoms with van der Waals surface area (Å²) in [4.78, 5) is 4.46. The van der Waals surface area contributed by atoms with Crippen LogP contribution in [0.3, 0.4) is 0 Å². The summed E-state index contributed by atoms with van der Waals surface area (Å²) >= 11 is 1.66. The summed E-state index contributed by atoms with van der Waals surface area (Å²) in [6.45, 7) is 2.69. The molecule has 0 fully saturated rings. The lowest BCUT2D eigenvalue weighted by Gasteiger charge is -2.07. The molecule has 0 unspecified atom stereocenters. The van der Waals surface area contributed by atoms with Gasteiger partial charge in [0.25, 0.3) is 0 Å². The maximum absolute atomic E-state index is 6.03. The first-order valence-corrected chi connectivity index (χ1v) is 6.42. The van der Waals surface area contributed by atoms with Crippen molar-refractivity contribution in [1.82, 2.24) is 15.2 Å². The summed E-state index contributed by atoms with van der Waals surface area (Å²) < 4.78 is 1.12. The van der Waals surface area contributed by atoms with Crippen LogP contribution < -0.4 is 11.1 Å². The largest absolute Gasteiger partial charge is 0.397 e. The SMILES string of the molecule is Cc1nc2cc(NCc3cn[nH]c3)c(N)cc2s1. The number of H-pyrrole nitrogens is 1. The monoisotopic (exact) mass is 259 g/mol. The Morgan fingerprint density at radius 2 is 2.33 bits per heavy atom. The van der Waals surface area contributed by atoms with Crippen LogP contribution in [0.2, 0.25) is 0 Å². The van der Waals surface area contributed by atoms with E-state index >= 15 is 0 Å². The van der Waals surface area contributed by atoms with E-state index in [0.29, 0.717) is 6.54 Å². The van der Waals surface area contributed by atoms with E-state index < -0.39 is 0 Å². The number of aromatic amines is 1. The number of rotatable bonds is 3. The van der Waals surface area contributed by atoms with Crippen molar-refractivity contribution >= 4 is 32.9 Å². The van der Waals surface area contributed by atoms with Crippen LogP contribution in [-0.2, 0) is 6.54 Å². The minimum Gasteiger partial charge on any atom is -0.397 e. The van der Waals surface area contributed by atoms with Crippen molar-refractivity contribution in [3.8, 4) is 0 Å². The fourth-order valence-electron chi connectivity index (χ4n) is 1.83. The number of fused-ring (bicyclic) bond motifs is 1. The van der Waals surface area contributed by atoms with Gasteiger partial charge in [-0.15, -0.1) is 11.3 Å². The predicted molar refractivity (Wildman–Crippen MR) is 74.7 cm³/mol. The minimum absolute atomic E-state index is 0.690. The van der Waals surface area contributed by atoms with Crippen LogP contribution in [0.15, 0.2) is 24.5 Å². The Balaban J connectivity index is 1.88. The van der Waals surface area contributed by atoms with Gasteiger partial charge >= 0.3 is 0 Å². The highest BCUT2D eigenvalue weighted by molar-refractivity contribution is 7.18. The number of thiazole rings is 1. The number of nitrogens with one attached hydrogen (secondary N) is 2. The Hall–Kier alpha value is -2.08. The summed E-state index contributed by atoms with van der Waals surface area (Å²) in [5.41, 5.74) is 9.76. The van der Waals surface area contributed by atoms with Crippen molar-refractivity contribution in [2.45, 2.75) is 13.5 Å². The normalized spacial score (nSPS) is 10.9. The summed E-state index contributed by atoms with van der Waals surface area (Å²) in [5, 5.41) is 11.0. The van der Waals surface area contributed by atoms with Crippen molar-refractivity contribution < 1.29 is 0 Å². The second-order valence-corrected chi connectivity index (χ2v) is 5.33. The van der Waals surface area contributed by atoms with E-state index in [4.69, 9.17) is 5.73 Å². The molecule has 0 radical (unpaired) electrons. The molecule has 0 aliphatic carbocycles. The van der Waals surface area contributed by atoms with Gasteiger partial charge in [0, 0.05) is 18.3 Å². The highest BCUT2D eigenvalue weighted by Gasteiger charge is 2.06. The van der Waals surface area contributed by atoms with Crippen LogP contribution in [0, 0.1) is 6.92 Å². The van der Waals surface area contributed by atoms with Crippen LogP contribution in [-0.4, -0.2) is 15.2 Å². The van der Waals surface area contributed by atoms with Crippen molar-refractivity contribution in [3.63, 3.8) is 0 Å². The molecular weight excluding hydrogens is 246 g/mol. The highest BCUT2D eigenvalue weighted by atomic mass is 32.1. The van der Waals surface area contributed by atoms with Crippen LogP contribution in [0.4, 0.5) is 11.4 Å². The number of anilines is 2. The lowest BCUT2D eigenvalue weighted by molar-refractivity contribution is 1.09. The van der Waals surface area contributed by atoms with Crippen LogP contribution >= 0.6 is 11.3 Å². The average Bonchev–Trinajstić information content (AvgIpc) is 2.94. The van der Waals surface area contributed by atoms with Crippen LogP contribution in [0.25, 0.3) is 10.2 Å². The van der Waals surface area contributed by atoms with E-state index in [-0.39, 0.29) is 0 Å². The van der Waals surface area contributed by atoms with E-state index in [1.165, 1.54) is 0 Å². The van der Waals surface area contributed by atoms with E-state index in [0.717, 1.165) is 32.2 Å².